The third-order valence-corrected chi connectivity index (χ3v) is 5.75. The predicted octanol–water partition coefficient (Wildman–Crippen LogP) is 7.59. The fourth-order valence-corrected chi connectivity index (χ4v) is 4.21. The van der Waals surface area contributed by atoms with Gasteiger partial charge in [-0.2, -0.15) is 0 Å². The van der Waals surface area contributed by atoms with Crippen molar-refractivity contribution in [3.8, 4) is 32.0 Å². The van der Waals surface area contributed by atoms with E-state index in [1.54, 1.807) is 0 Å². The Bertz CT molecular complexity index is 929. The van der Waals surface area contributed by atoms with E-state index in [1.807, 2.05) is 11.3 Å². The third kappa shape index (κ3) is 3.58. The first-order valence-corrected chi connectivity index (χ1v) is 9.83. The summed E-state index contributed by atoms with van der Waals surface area (Å²) < 4.78 is 0. The average molecular weight is 354 g/mol. The summed E-state index contributed by atoms with van der Waals surface area (Å²) in [6, 6.07) is 34.9. The van der Waals surface area contributed by atoms with Gasteiger partial charge in [0.25, 0.3) is 0 Å². The number of benzene rings is 3. The van der Waals surface area contributed by atoms with E-state index < -0.39 is 0 Å². The molecule has 1 heteroatoms. The first-order valence-electron chi connectivity index (χ1n) is 9.02. The van der Waals surface area contributed by atoms with Crippen LogP contribution in [-0.4, -0.2) is 0 Å². The highest BCUT2D eigenvalue weighted by Gasteiger charge is 2.18. The third-order valence-electron chi connectivity index (χ3n) is 4.61. The van der Waals surface area contributed by atoms with E-state index in [4.69, 9.17) is 0 Å². The summed E-state index contributed by atoms with van der Waals surface area (Å²) in [5.41, 5.74) is 6.44. The lowest BCUT2D eigenvalue weighted by Gasteiger charge is -2.04. The van der Waals surface area contributed by atoms with Crippen LogP contribution in [0.25, 0.3) is 32.0 Å². The van der Waals surface area contributed by atoms with Gasteiger partial charge < -0.3 is 0 Å². The zero-order valence-electron chi connectivity index (χ0n) is 14.9. The molecule has 0 N–H and O–H groups in total. The molecule has 0 radical (unpaired) electrons. The Balaban J connectivity index is 1.87. The van der Waals surface area contributed by atoms with Gasteiger partial charge in [-0.25, -0.2) is 0 Å². The zero-order chi connectivity index (χ0) is 17.8. The van der Waals surface area contributed by atoms with Crippen LogP contribution in [0.5, 0.6) is 0 Å². The normalized spacial score (nSPS) is 10.7. The molecule has 4 aromatic rings. The lowest BCUT2D eigenvalue weighted by molar-refractivity contribution is 1.14. The molecule has 0 fully saturated rings. The van der Waals surface area contributed by atoms with Crippen LogP contribution < -0.4 is 0 Å². The second-order valence-electron chi connectivity index (χ2n) is 6.36. The molecule has 0 saturated heterocycles. The highest BCUT2D eigenvalue weighted by molar-refractivity contribution is 7.18. The Kier molecular flexibility index (Phi) is 4.90. The van der Waals surface area contributed by atoms with Gasteiger partial charge in [0.2, 0.25) is 21.1 Å². The highest BCUT2D eigenvalue weighted by Crippen LogP contribution is 2.37. The van der Waals surface area contributed by atoms with Crippen molar-refractivity contribution in [2.24, 2.45) is 0 Å². The minimum absolute atomic E-state index is 1.07. The van der Waals surface area contributed by atoms with Crippen molar-refractivity contribution in [2.45, 2.75) is 13.3 Å². The fraction of sp³-hybridized carbons (Fsp3) is 0.0800. The number of aryl methyl sites for hydroxylation is 1. The van der Waals surface area contributed by atoms with Crippen LogP contribution in [0.2, 0.25) is 0 Å². The van der Waals surface area contributed by atoms with Gasteiger partial charge in [0.05, 0.1) is 0 Å². The molecule has 0 amide bonds. The second-order valence-corrected chi connectivity index (χ2v) is 7.44. The summed E-state index contributed by atoms with van der Waals surface area (Å²) in [5, 5.41) is 0. The Hall–Kier alpha value is -2.77. The molecule has 0 aliphatic heterocycles. The molecule has 0 nitrogen and oxygen atoms in total. The first-order chi connectivity index (χ1) is 12.8. The van der Waals surface area contributed by atoms with E-state index in [1.165, 1.54) is 37.6 Å². The average Bonchev–Trinajstić information content (AvgIpc) is 2.75. The van der Waals surface area contributed by atoms with E-state index in [9.17, 15) is 0 Å². The van der Waals surface area contributed by atoms with Gasteiger partial charge in [-0.15, -0.1) is 0 Å². The summed E-state index contributed by atoms with van der Waals surface area (Å²) in [5.74, 6) is 0. The molecule has 0 aliphatic carbocycles. The largest absolute Gasteiger partial charge is 0.239 e. The molecule has 1 aromatic heterocycles. The van der Waals surface area contributed by atoms with Crippen molar-refractivity contribution in [3.05, 3.63) is 103 Å². The summed E-state index contributed by atoms with van der Waals surface area (Å²) in [4.78, 5) is 2.59. The molecule has 0 atom stereocenters. The molecular formula is C25H21S+. The molecule has 1 heterocycles. The number of hydrogen-bond acceptors (Lipinski definition) is 0. The van der Waals surface area contributed by atoms with Gasteiger partial charge in [0.15, 0.2) is 0 Å². The minimum Gasteiger partial charge on any atom is -0.0622 e. The van der Waals surface area contributed by atoms with Gasteiger partial charge in [-0.05, 0) is 47.4 Å². The monoisotopic (exact) mass is 353 g/mol. The topological polar surface area (TPSA) is 0 Å². The van der Waals surface area contributed by atoms with E-state index in [0.717, 1.165) is 6.42 Å². The summed E-state index contributed by atoms with van der Waals surface area (Å²) in [7, 11) is 0. The van der Waals surface area contributed by atoms with Crippen LogP contribution in [0.15, 0.2) is 97.1 Å². The molecule has 0 saturated carbocycles. The minimum atomic E-state index is 1.07. The Morgan fingerprint density at radius 1 is 0.538 bits per heavy atom. The van der Waals surface area contributed by atoms with E-state index in [-0.39, 0.29) is 0 Å². The van der Waals surface area contributed by atoms with Crippen molar-refractivity contribution < 1.29 is 0 Å². The second kappa shape index (κ2) is 7.63. The van der Waals surface area contributed by atoms with Gasteiger partial charge in [-0.3, -0.25) is 0 Å². The van der Waals surface area contributed by atoms with Crippen molar-refractivity contribution in [1.82, 2.24) is 0 Å². The van der Waals surface area contributed by atoms with Gasteiger partial charge >= 0.3 is 0 Å². The molecule has 0 aliphatic rings. The molecule has 0 bridgehead atoms. The van der Waals surface area contributed by atoms with E-state index in [2.05, 4.69) is 104 Å². The summed E-state index contributed by atoms with van der Waals surface area (Å²) >= 11 is 1.85. The molecule has 3 aromatic carbocycles. The molecule has 126 valence electrons. The first kappa shape index (κ1) is 16.7. The van der Waals surface area contributed by atoms with Crippen LogP contribution >= 0.6 is 11.3 Å². The van der Waals surface area contributed by atoms with Gasteiger partial charge in [-0.1, -0.05) is 67.6 Å². The predicted molar refractivity (Wildman–Crippen MR) is 114 cm³/mol. The standard InChI is InChI=1S/C25H21S/c1-2-19-13-15-20(16-14-19)23-17-24(21-9-5-3-6-10-21)26-25(18-23)22-11-7-4-8-12-22/h3-18H,2H2,1H3/q+1. The Labute approximate surface area is 159 Å². The smallest absolute Gasteiger partial charge is 0.0622 e. The van der Waals surface area contributed by atoms with Gasteiger partial charge in [0, 0.05) is 23.3 Å². The number of rotatable bonds is 4. The van der Waals surface area contributed by atoms with Crippen LogP contribution in [0.1, 0.15) is 12.5 Å². The maximum Gasteiger partial charge on any atom is 0.239 e. The maximum atomic E-state index is 2.31. The fourth-order valence-electron chi connectivity index (χ4n) is 3.09. The lowest BCUT2D eigenvalue weighted by atomic mass is 10.0. The van der Waals surface area contributed by atoms with Crippen molar-refractivity contribution in [1.29, 1.82) is 0 Å². The lowest BCUT2D eigenvalue weighted by Crippen LogP contribution is -1.84. The van der Waals surface area contributed by atoms with E-state index in [0.29, 0.717) is 0 Å². The Morgan fingerprint density at radius 2 is 1.04 bits per heavy atom. The highest BCUT2D eigenvalue weighted by atomic mass is 32.1. The van der Waals surface area contributed by atoms with Crippen molar-refractivity contribution in [2.75, 3.05) is 0 Å². The van der Waals surface area contributed by atoms with Crippen LogP contribution in [0.3, 0.4) is 0 Å². The molecule has 0 unspecified atom stereocenters. The van der Waals surface area contributed by atoms with Crippen LogP contribution in [0, 0.1) is 0 Å². The molecule has 26 heavy (non-hydrogen) atoms. The maximum absolute atomic E-state index is 2.31. The molecule has 0 spiro atoms. The number of hydrogen-bond donors (Lipinski definition) is 0. The quantitative estimate of drug-likeness (QED) is 0.331. The van der Waals surface area contributed by atoms with Crippen LogP contribution in [0.4, 0.5) is 0 Å². The SMILES string of the molecule is CCc1ccc(-c2cc(-c3ccccc3)[s+]c(-c3ccccc3)c2)cc1. The Morgan fingerprint density at radius 3 is 1.50 bits per heavy atom. The molecular weight excluding hydrogens is 332 g/mol. The summed E-state index contributed by atoms with van der Waals surface area (Å²) in [6.45, 7) is 2.19. The van der Waals surface area contributed by atoms with Crippen molar-refractivity contribution in [3.63, 3.8) is 0 Å². The summed E-state index contributed by atoms with van der Waals surface area (Å²) in [6.07, 6.45) is 1.07. The van der Waals surface area contributed by atoms with E-state index >= 15 is 0 Å². The van der Waals surface area contributed by atoms with Gasteiger partial charge in [0.1, 0.15) is 0 Å². The molecule has 4 rings (SSSR count). The van der Waals surface area contributed by atoms with Crippen molar-refractivity contribution >= 4 is 11.3 Å². The zero-order valence-corrected chi connectivity index (χ0v) is 15.7. The van der Waals surface area contributed by atoms with Crippen LogP contribution in [-0.2, 0) is 6.42 Å².